The van der Waals surface area contributed by atoms with Crippen molar-refractivity contribution in [2.75, 3.05) is 13.2 Å². The van der Waals surface area contributed by atoms with E-state index in [9.17, 15) is 20.1 Å². The molecule has 0 heterocycles. The monoisotopic (exact) mass is 238 g/mol. The number of rotatable bonds is 6. The van der Waals surface area contributed by atoms with Gasteiger partial charge in [0.2, 0.25) is 0 Å². The summed E-state index contributed by atoms with van der Waals surface area (Å²) in [6.07, 6.45) is 0.299. The summed E-state index contributed by atoms with van der Waals surface area (Å²) >= 11 is 0. The number of aliphatic hydroxyl groups excluding tert-OH is 2. The van der Waals surface area contributed by atoms with Crippen molar-refractivity contribution in [1.82, 2.24) is 0 Å². The van der Waals surface area contributed by atoms with Crippen molar-refractivity contribution in [3.8, 4) is 0 Å². The van der Waals surface area contributed by atoms with Gasteiger partial charge in [-0.3, -0.25) is 4.79 Å². The second-order valence-corrected chi connectivity index (χ2v) is 4.55. The fourth-order valence-corrected chi connectivity index (χ4v) is 1.75. The first kappa shape index (κ1) is 13.7. The Kier molecular flexibility index (Phi) is 4.66. The topological polar surface area (TPSA) is 77.8 Å². The number of benzene rings is 1. The molecule has 4 nitrogen and oxygen atoms in total. The van der Waals surface area contributed by atoms with E-state index in [1.165, 1.54) is 0 Å². The lowest BCUT2D eigenvalue weighted by Gasteiger charge is -2.31. The first-order valence-electron chi connectivity index (χ1n) is 5.52. The molecule has 1 atom stereocenters. The van der Waals surface area contributed by atoms with Crippen molar-refractivity contribution in [1.29, 1.82) is 0 Å². The van der Waals surface area contributed by atoms with Crippen LogP contribution in [0, 0.1) is 11.3 Å². The van der Waals surface area contributed by atoms with Crippen LogP contribution in [0.15, 0.2) is 30.3 Å². The Hall–Kier alpha value is -1.39. The molecule has 1 rings (SSSR count). The van der Waals surface area contributed by atoms with E-state index in [2.05, 4.69) is 0 Å². The largest absolute Gasteiger partial charge is 0.481 e. The molecule has 17 heavy (non-hydrogen) atoms. The van der Waals surface area contributed by atoms with Crippen LogP contribution in [0.2, 0.25) is 0 Å². The summed E-state index contributed by atoms with van der Waals surface area (Å²) in [5, 5.41) is 27.7. The van der Waals surface area contributed by atoms with Gasteiger partial charge < -0.3 is 15.3 Å². The second-order valence-electron chi connectivity index (χ2n) is 4.55. The van der Waals surface area contributed by atoms with E-state index in [1.807, 2.05) is 30.3 Å². The molecule has 0 spiro atoms. The third kappa shape index (κ3) is 3.28. The number of carbonyl (C=O) groups is 1. The fraction of sp³-hybridized carbons (Fsp3) is 0.462. The number of hydrogen-bond donors (Lipinski definition) is 3. The molecule has 0 aliphatic rings. The van der Waals surface area contributed by atoms with Gasteiger partial charge in [0.15, 0.2) is 0 Å². The maximum Gasteiger partial charge on any atom is 0.307 e. The number of carboxylic acid groups (broad SMARTS) is 1. The highest BCUT2D eigenvalue weighted by Crippen LogP contribution is 2.29. The number of hydrogen-bond acceptors (Lipinski definition) is 3. The van der Waals surface area contributed by atoms with Crippen LogP contribution >= 0.6 is 0 Å². The zero-order valence-corrected chi connectivity index (χ0v) is 9.84. The standard InChI is InChI=1S/C13H18O4/c1-13(8-14,9-15)11(12(16)17)7-10-5-3-2-4-6-10/h2-6,11,14-15H,7-9H2,1H3,(H,16,17). The minimum atomic E-state index is -1.01. The van der Waals surface area contributed by atoms with Gasteiger partial charge in [0, 0.05) is 5.41 Å². The Bertz CT molecular complexity index is 357. The van der Waals surface area contributed by atoms with Gasteiger partial charge in [-0.25, -0.2) is 0 Å². The van der Waals surface area contributed by atoms with Crippen LogP contribution in [0.4, 0.5) is 0 Å². The van der Waals surface area contributed by atoms with Crippen LogP contribution in [0.25, 0.3) is 0 Å². The Labute approximate surface area is 101 Å². The lowest BCUT2D eigenvalue weighted by Crippen LogP contribution is -2.40. The zero-order valence-electron chi connectivity index (χ0n) is 9.84. The molecule has 1 unspecified atom stereocenters. The van der Waals surface area contributed by atoms with Crippen LogP contribution in [-0.2, 0) is 11.2 Å². The minimum Gasteiger partial charge on any atom is -0.481 e. The normalized spacial score (nSPS) is 13.4. The maximum absolute atomic E-state index is 11.2. The minimum absolute atomic E-state index is 0.299. The van der Waals surface area contributed by atoms with Crippen LogP contribution in [0.5, 0.6) is 0 Å². The predicted molar refractivity (Wildman–Crippen MR) is 63.6 cm³/mol. The van der Waals surface area contributed by atoms with Crippen molar-refractivity contribution < 1.29 is 20.1 Å². The van der Waals surface area contributed by atoms with Gasteiger partial charge in [-0.15, -0.1) is 0 Å². The van der Waals surface area contributed by atoms with Gasteiger partial charge in [-0.1, -0.05) is 37.3 Å². The van der Waals surface area contributed by atoms with E-state index < -0.39 is 17.3 Å². The molecule has 0 aromatic heterocycles. The van der Waals surface area contributed by atoms with Crippen molar-refractivity contribution in [2.45, 2.75) is 13.3 Å². The average Bonchev–Trinajstić information content (AvgIpc) is 2.36. The highest BCUT2D eigenvalue weighted by Gasteiger charge is 2.38. The highest BCUT2D eigenvalue weighted by atomic mass is 16.4. The van der Waals surface area contributed by atoms with Crippen LogP contribution in [0.1, 0.15) is 12.5 Å². The molecule has 94 valence electrons. The highest BCUT2D eigenvalue weighted by molar-refractivity contribution is 5.71. The van der Waals surface area contributed by atoms with Crippen molar-refractivity contribution in [3.63, 3.8) is 0 Å². The first-order chi connectivity index (χ1) is 8.03. The summed E-state index contributed by atoms with van der Waals surface area (Å²) in [4.78, 5) is 11.2. The molecular formula is C13H18O4. The van der Waals surface area contributed by atoms with Crippen LogP contribution < -0.4 is 0 Å². The molecule has 0 amide bonds. The van der Waals surface area contributed by atoms with E-state index in [-0.39, 0.29) is 13.2 Å². The first-order valence-corrected chi connectivity index (χ1v) is 5.52. The van der Waals surface area contributed by atoms with Crippen molar-refractivity contribution in [2.24, 2.45) is 11.3 Å². The molecule has 1 aromatic rings. The number of aliphatic carboxylic acids is 1. The third-order valence-corrected chi connectivity index (χ3v) is 3.14. The van der Waals surface area contributed by atoms with E-state index in [4.69, 9.17) is 0 Å². The van der Waals surface area contributed by atoms with Crippen molar-refractivity contribution in [3.05, 3.63) is 35.9 Å². The quantitative estimate of drug-likeness (QED) is 0.688. The van der Waals surface area contributed by atoms with E-state index in [1.54, 1.807) is 6.92 Å². The van der Waals surface area contributed by atoms with Gasteiger partial charge >= 0.3 is 5.97 Å². The van der Waals surface area contributed by atoms with E-state index >= 15 is 0 Å². The molecule has 4 heteroatoms. The summed E-state index contributed by atoms with van der Waals surface area (Å²) in [5.74, 6) is -1.81. The molecule has 0 aliphatic carbocycles. The second kappa shape index (κ2) is 5.80. The van der Waals surface area contributed by atoms with Gasteiger partial charge in [0.25, 0.3) is 0 Å². The molecule has 0 aliphatic heterocycles. The molecule has 3 N–H and O–H groups in total. The summed E-state index contributed by atoms with van der Waals surface area (Å²) < 4.78 is 0. The summed E-state index contributed by atoms with van der Waals surface area (Å²) in [7, 11) is 0. The Morgan fingerprint density at radius 2 is 1.76 bits per heavy atom. The lowest BCUT2D eigenvalue weighted by atomic mass is 9.75. The fourth-order valence-electron chi connectivity index (χ4n) is 1.75. The number of carboxylic acids is 1. The third-order valence-electron chi connectivity index (χ3n) is 3.14. The van der Waals surface area contributed by atoms with E-state index in [0.717, 1.165) is 5.56 Å². The van der Waals surface area contributed by atoms with Crippen LogP contribution in [0.3, 0.4) is 0 Å². The molecule has 0 saturated heterocycles. The Morgan fingerprint density at radius 1 is 1.24 bits per heavy atom. The summed E-state index contributed by atoms with van der Waals surface area (Å²) in [6.45, 7) is 0.870. The summed E-state index contributed by atoms with van der Waals surface area (Å²) in [6, 6.07) is 9.21. The van der Waals surface area contributed by atoms with Gasteiger partial charge in [0.05, 0.1) is 19.1 Å². The molecule has 0 bridgehead atoms. The van der Waals surface area contributed by atoms with Gasteiger partial charge in [-0.05, 0) is 12.0 Å². The Morgan fingerprint density at radius 3 is 2.18 bits per heavy atom. The zero-order chi connectivity index (χ0) is 12.9. The predicted octanol–water partition coefficient (Wildman–Crippen LogP) is 0.921. The van der Waals surface area contributed by atoms with E-state index in [0.29, 0.717) is 6.42 Å². The Balaban J connectivity index is 2.91. The molecule has 0 fully saturated rings. The number of aliphatic hydroxyl groups is 2. The SMILES string of the molecule is CC(CO)(CO)C(Cc1ccccc1)C(=O)O. The smallest absolute Gasteiger partial charge is 0.307 e. The molecule has 0 radical (unpaired) electrons. The molecular weight excluding hydrogens is 220 g/mol. The van der Waals surface area contributed by atoms with Gasteiger partial charge in [0.1, 0.15) is 0 Å². The summed E-state index contributed by atoms with van der Waals surface area (Å²) in [5.41, 5.74) is -0.130. The molecule has 1 aromatic carbocycles. The van der Waals surface area contributed by atoms with Gasteiger partial charge in [-0.2, -0.15) is 0 Å². The van der Waals surface area contributed by atoms with Crippen molar-refractivity contribution >= 4 is 5.97 Å². The van der Waals surface area contributed by atoms with Crippen LogP contribution in [-0.4, -0.2) is 34.5 Å². The maximum atomic E-state index is 11.2. The average molecular weight is 238 g/mol. The molecule has 0 saturated carbocycles. The lowest BCUT2D eigenvalue weighted by molar-refractivity contribution is -0.149.